The van der Waals surface area contributed by atoms with E-state index < -0.39 is 0 Å². The van der Waals surface area contributed by atoms with Gasteiger partial charge in [-0.15, -0.1) is 0 Å². The van der Waals surface area contributed by atoms with Crippen molar-refractivity contribution in [3.63, 3.8) is 0 Å². The fourth-order valence-electron chi connectivity index (χ4n) is 2.23. The van der Waals surface area contributed by atoms with E-state index in [-0.39, 0.29) is 6.61 Å². The number of hydrogen-bond donors (Lipinski definition) is 1. The van der Waals surface area contributed by atoms with Crippen LogP contribution < -0.4 is 4.74 Å². The van der Waals surface area contributed by atoms with Crippen LogP contribution in [0.15, 0.2) is 41.3 Å². The summed E-state index contributed by atoms with van der Waals surface area (Å²) < 4.78 is 7.89. The Morgan fingerprint density at radius 2 is 1.87 bits per heavy atom. The van der Waals surface area contributed by atoms with Crippen LogP contribution in [0.25, 0.3) is 11.2 Å². The van der Waals surface area contributed by atoms with Crippen molar-refractivity contribution in [1.29, 1.82) is 0 Å². The van der Waals surface area contributed by atoms with Gasteiger partial charge in [0, 0.05) is 16.2 Å². The van der Waals surface area contributed by atoms with Gasteiger partial charge in [0.1, 0.15) is 11.3 Å². The second-order valence-corrected chi connectivity index (χ2v) is 5.49. The van der Waals surface area contributed by atoms with Crippen molar-refractivity contribution in [3.05, 3.63) is 52.4 Å². The molecule has 0 amide bonds. The average molecular weight is 378 g/mol. The van der Waals surface area contributed by atoms with Gasteiger partial charge in [0.15, 0.2) is 5.65 Å². The van der Waals surface area contributed by atoms with Crippen molar-refractivity contribution in [1.82, 2.24) is 14.5 Å². The highest BCUT2D eigenvalue weighted by molar-refractivity contribution is 9.10. The van der Waals surface area contributed by atoms with Gasteiger partial charge in [-0.2, -0.15) is 0 Å². The number of aliphatic hydroxyl groups is 1. The number of ether oxygens (including phenoxy) is 1. The van der Waals surface area contributed by atoms with E-state index in [1.807, 2.05) is 42.7 Å². The molecule has 0 saturated heterocycles. The highest BCUT2D eigenvalue weighted by Gasteiger charge is 2.11. The second-order valence-electron chi connectivity index (χ2n) is 4.64. The molecule has 23 heavy (non-hydrogen) atoms. The lowest BCUT2D eigenvalue weighted by molar-refractivity contribution is 0.282. The van der Waals surface area contributed by atoms with Crippen molar-refractivity contribution >= 4 is 27.1 Å². The highest BCUT2D eigenvalue weighted by atomic mass is 79.9. The first kappa shape index (κ1) is 17.4. The van der Waals surface area contributed by atoms with Crippen LogP contribution in [0.5, 0.6) is 5.75 Å². The number of benzene rings is 1. The second kappa shape index (κ2) is 8.08. The molecule has 122 valence electrons. The quantitative estimate of drug-likeness (QED) is 0.751. The van der Waals surface area contributed by atoms with Gasteiger partial charge in [0.25, 0.3) is 0 Å². The SMILES string of the molecule is CC.COc1ccc(Cn2cnc3c(CO)c(Br)cnc32)cc1. The molecule has 0 atom stereocenters. The zero-order chi connectivity index (χ0) is 16.8. The molecule has 0 aliphatic rings. The molecule has 0 saturated carbocycles. The van der Waals surface area contributed by atoms with E-state index in [1.165, 1.54) is 0 Å². The summed E-state index contributed by atoms with van der Waals surface area (Å²) in [7, 11) is 1.65. The van der Waals surface area contributed by atoms with Crippen molar-refractivity contribution < 1.29 is 9.84 Å². The first-order chi connectivity index (χ1) is 11.2. The molecule has 0 aliphatic carbocycles. The first-order valence-corrected chi connectivity index (χ1v) is 8.24. The Hall–Kier alpha value is -1.92. The molecule has 5 nitrogen and oxygen atoms in total. The van der Waals surface area contributed by atoms with Gasteiger partial charge in [-0.05, 0) is 33.6 Å². The number of aromatic nitrogens is 3. The van der Waals surface area contributed by atoms with Crippen LogP contribution in [-0.2, 0) is 13.2 Å². The number of nitrogens with zero attached hydrogens (tertiary/aromatic N) is 3. The number of halogens is 1. The van der Waals surface area contributed by atoms with Crippen LogP contribution in [0.4, 0.5) is 0 Å². The lowest BCUT2D eigenvalue weighted by Crippen LogP contribution is -2.00. The zero-order valence-electron chi connectivity index (χ0n) is 13.5. The molecule has 0 unspecified atom stereocenters. The maximum atomic E-state index is 9.45. The number of imidazole rings is 1. The summed E-state index contributed by atoms with van der Waals surface area (Å²) in [4.78, 5) is 8.76. The Kier molecular flexibility index (Phi) is 6.12. The molecule has 6 heteroatoms. The topological polar surface area (TPSA) is 60.2 Å². The van der Waals surface area contributed by atoms with Crippen LogP contribution >= 0.6 is 15.9 Å². The third kappa shape index (κ3) is 3.71. The largest absolute Gasteiger partial charge is 0.497 e. The molecular formula is C17H20BrN3O2. The Morgan fingerprint density at radius 1 is 1.17 bits per heavy atom. The lowest BCUT2D eigenvalue weighted by Gasteiger charge is -2.06. The van der Waals surface area contributed by atoms with Crippen LogP contribution in [0.3, 0.4) is 0 Å². The van der Waals surface area contributed by atoms with Crippen LogP contribution in [0, 0.1) is 0 Å². The predicted octanol–water partition coefficient (Wildman–Crippen LogP) is 3.77. The van der Waals surface area contributed by atoms with Crippen LogP contribution in [0.1, 0.15) is 25.0 Å². The number of pyridine rings is 1. The van der Waals surface area contributed by atoms with E-state index >= 15 is 0 Å². The third-order valence-electron chi connectivity index (χ3n) is 3.35. The van der Waals surface area contributed by atoms with Gasteiger partial charge < -0.3 is 14.4 Å². The maximum Gasteiger partial charge on any atom is 0.160 e. The minimum atomic E-state index is -0.0703. The van der Waals surface area contributed by atoms with Crippen molar-refractivity contribution in [2.45, 2.75) is 27.0 Å². The van der Waals surface area contributed by atoms with E-state index in [0.717, 1.165) is 32.5 Å². The lowest BCUT2D eigenvalue weighted by atomic mass is 10.2. The van der Waals surface area contributed by atoms with Gasteiger partial charge in [0.2, 0.25) is 0 Å². The van der Waals surface area contributed by atoms with E-state index in [4.69, 9.17) is 4.74 Å². The summed E-state index contributed by atoms with van der Waals surface area (Å²) in [6.07, 6.45) is 3.44. The smallest absolute Gasteiger partial charge is 0.160 e. The molecule has 2 aromatic heterocycles. The van der Waals surface area contributed by atoms with Crippen LogP contribution in [-0.4, -0.2) is 26.8 Å². The molecule has 0 radical (unpaired) electrons. The first-order valence-electron chi connectivity index (χ1n) is 7.45. The van der Waals surface area contributed by atoms with Crippen molar-refractivity contribution in [2.24, 2.45) is 0 Å². The van der Waals surface area contributed by atoms with E-state index in [2.05, 4.69) is 25.9 Å². The molecule has 0 spiro atoms. The number of rotatable bonds is 4. The fraction of sp³-hybridized carbons (Fsp3) is 0.294. The van der Waals surface area contributed by atoms with E-state index in [9.17, 15) is 5.11 Å². The molecule has 2 heterocycles. The summed E-state index contributed by atoms with van der Waals surface area (Å²) in [6, 6.07) is 7.88. The van der Waals surface area contributed by atoms with Gasteiger partial charge in [0.05, 0.1) is 26.6 Å². The third-order valence-corrected chi connectivity index (χ3v) is 4.04. The Balaban J connectivity index is 0.000000924. The minimum Gasteiger partial charge on any atom is -0.497 e. The predicted molar refractivity (Wildman–Crippen MR) is 94.6 cm³/mol. The van der Waals surface area contributed by atoms with E-state index in [0.29, 0.717) is 6.54 Å². The molecule has 3 rings (SSSR count). The van der Waals surface area contributed by atoms with E-state index in [1.54, 1.807) is 19.6 Å². The fourth-order valence-corrected chi connectivity index (χ4v) is 2.64. The number of methoxy groups -OCH3 is 1. The van der Waals surface area contributed by atoms with Crippen molar-refractivity contribution in [2.75, 3.05) is 7.11 Å². The van der Waals surface area contributed by atoms with Gasteiger partial charge >= 0.3 is 0 Å². The Bertz CT molecular complexity index is 769. The molecular weight excluding hydrogens is 358 g/mol. The Labute approximate surface area is 144 Å². The maximum absolute atomic E-state index is 9.45. The molecule has 3 aromatic rings. The molecule has 1 N–H and O–H groups in total. The van der Waals surface area contributed by atoms with Gasteiger partial charge in [-0.25, -0.2) is 9.97 Å². The molecule has 0 bridgehead atoms. The summed E-state index contributed by atoms with van der Waals surface area (Å²) in [5.74, 6) is 0.832. The highest BCUT2D eigenvalue weighted by Crippen LogP contribution is 2.24. The Morgan fingerprint density at radius 3 is 2.48 bits per heavy atom. The number of hydrogen-bond acceptors (Lipinski definition) is 4. The van der Waals surface area contributed by atoms with Gasteiger partial charge in [-0.1, -0.05) is 26.0 Å². The molecule has 1 aromatic carbocycles. The molecule has 0 aliphatic heterocycles. The normalized spacial score (nSPS) is 10.3. The summed E-state index contributed by atoms with van der Waals surface area (Å²) in [5, 5.41) is 9.45. The summed E-state index contributed by atoms with van der Waals surface area (Å²) >= 11 is 3.38. The van der Waals surface area contributed by atoms with Crippen molar-refractivity contribution in [3.8, 4) is 5.75 Å². The minimum absolute atomic E-state index is 0.0703. The molecule has 0 fully saturated rings. The number of aliphatic hydroxyl groups excluding tert-OH is 1. The zero-order valence-corrected chi connectivity index (χ0v) is 15.0. The summed E-state index contributed by atoms with van der Waals surface area (Å²) in [5.41, 5.74) is 3.37. The van der Waals surface area contributed by atoms with Gasteiger partial charge in [-0.3, -0.25) is 0 Å². The standard InChI is InChI=1S/C15H14BrN3O2.C2H6/c1-21-11-4-2-10(3-5-11)7-19-9-18-14-12(8-20)13(16)6-17-15(14)19;1-2/h2-6,9,20H,7-8H2,1H3;1-2H3. The average Bonchev–Trinajstić information content (AvgIpc) is 3.00. The summed E-state index contributed by atoms with van der Waals surface area (Å²) in [6.45, 7) is 4.60. The monoisotopic (exact) mass is 377 g/mol. The number of fused-ring (bicyclic) bond motifs is 1. The van der Waals surface area contributed by atoms with Crippen LogP contribution in [0.2, 0.25) is 0 Å².